The number of nitrogens with zero attached hydrogens (tertiary/aromatic N) is 1. The average Bonchev–Trinajstić information content (AvgIpc) is 3.32. The lowest BCUT2D eigenvalue weighted by Gasteiger charge is -2.12. The van der Waals surface area contributed by atoms with Crippen molar-refractivity contribution in [2.75, 3.05) is 7.05 Å². The van der Waals surface area contributed by atoms with Gasteiger partial charge in [-0.05, 0) is 23.6 Å². The monoisotopic (exact) mass is 417 g/mol. The molecule has 10 heteroatoms. The third kappa shape index (κ3) is 4.02. The smallest absolute Gasteiger partial charge is 0.331 e. The van der Waals surface area contributed by atoms with Crippen LogP contribution >= 0.6 is 34.0 Å². The third-order valence-electron chi connectivity index (χ3n) is 3.39. The lowest BCUT2D eigenvalue weighted by molar-refractivity contribution is -0.372. The Morgan fingerprint density at radius 1 is 1.15 bits per heavy atom. The number of ketones is 1. The van der Waals surface area contributed by atoms with Gasteiger partial charge in [-0.15, -0.1) is 22.7 Å². The molecule has 0 bridgehead atoms. The molecule has 0 radical (unpaired) electrons. The van der Waals surface area contributed by atoms with Crippen LogP contribution in [0, 0.1) is 0 Å². The van der Waals surface area contributed by atoms with Crippen LogP contribution in [0.25, 0.3) is 9.88 Å². The SMILES string of the molecule is CN(Cc1csc(-c2cccs2)[nH+]1)C(=O)c1ccc(C(=O)C(F)(F)F)s1. The van der Waals surface area contributed by atoms with Crippen LogP contribution in [0.3, 0.4) is 0 Å². The maximum Gasteiger partial charge on any atom is 0.455 e. The van der Waals surface area contributed by atoms with E-state index in [1.165, 1.54) is 22.3 Å². The second-order valence-electron chi connectivity index (χ2n) is 5.34. The second-order valence-corrected chi connectivity index (χ2v) is 8.26. The fourth-order valence-corrected chi connectivity index (χ4v) is 4.81. The van der Waals surface area contributed by atoms with Gasteiger partial charge in [-0.25, -0.2) is 0 Å². The number of hydrogen-bond donors (Lipinski definition) is 0. The Morgan fingerprint density at radius 3 is 2.54 bits per heavy atom. The molecule has 0 unspecified atom stereocenters. The van der Waals surface area contributed by atoms with E-state index in [9.17, 15) is 22.8 Å². The third-order valence-corrected chi connectivity index (χ3v) is 6.44. The van der Waals surface area contributed by atoms with E-state index in [2.05, 4.69) is 4.98 Å². The van der Waals surface area contributed by atoms with E-state index in [0.29, 0.717) is 11.3 Å². The second kappa shape index (κ2) is 7.29. The Labute approximate surface area is 158 Å². The summed E-state index contributed by atoms with van der Waals surface area (Å²) in [5.41, 5.74) is 0.817. The van der Waals surface area contributed by atoms with Gasteiger partial charge in [-0.1, -0.05) is 17.4 Å². The number of halogens is 3. The molecule has 26 heavy (non-hydrogen) atoms. The molecule has 0 saturated carbocycles. The highest BCUT2D eigenvalue weighted by Gasteiger charge is 2.40. The number of hydrogen-bond acceptors (Lipinski definition) is 5. The van der Waals surface area contributed by atoms with E-state index in [0.717, 1.165) is 21.6 Å². The first-order valence-corrected chi connectivity index (χ1v) is 9.83. The molecule has 0 atom stereocenters. The number of H-pyrrole nitrogens is 1. The molecule has 1 N–H and O–H groups in total. The molecule has 3 aromatic rings. The number of aromatic amines is 1. The molecule has 4 nitrogen and oxygen atoms in total. The van der Waals surface area contributed by atoms with E-state index in [1.807, 2.05) is 22.9 Å². The number of carbonyl (C=O) groups is 2. The molecule has 3 rings (SSSR count). The number of Topliss-reactive ketones (excluding diaryl/α,β-unsaturated/α-hetero) is 1. The summed E-state index contributed by atoms with van der Waals surface area (Å²) in [5.74, 6) is -2.37. The Hall–Kier alpha value is -2.04. The molecule has 0 aliphatic heterocycles. The molecule has 0 saturated heterocycles. The van der Waals surface area contributed by atoms with E-state index >= 15 is 0 Å². The fraction of sp³-hybridized carbons (Fsp3) is 0.188. The Morgan fingerprint density at radius 2 is 1.88 bits per heavy atom. The standard InChI is InChI=1S/C16H11F3N2O2S3/c1-21(7-9-8-25-14(20-9)11-3-2-6-24-11)15(23)12-5-4-10(26-12)13(22)16(17,18)19/h2-6,8H,7H2,1H3/p+1. The van der Waals surface area contributed by atoms with Crippen LogP contribution in [0.1, 0.15) is 25.0 Å². The van der Waals surface area contributed by atoms with E-state index < -0.39 is 22.7 Å². The molecule has 136 valence electrons. The summed E-state index contributed by atoms with van der Waals surface area (Å²) in [4.78, 5) is 29.0. The summed E-state index contributed by atoms with van der Waals surface area (Å²) in [6, 6.07) is 6.21. The van der Waals surface area contributed by atoms with Crippen LogP contribution in [0.5, 0.6) is 0 Å². The molecule has 0 aromatic carbocycles. The molecule has 0 fully saturated rings. The molecule has 3 heterocycles. The summed E-state index contributed by atoms with van der Waals surface area (Å²) in [6.45, 7) is 0.279. The van der Waals surface area contributed by atoms with Gasteiger partial charge in [0, 0.05) is 7.05 Å². The van der Waals surface area contributed by atoms with Crippen LogP contribution < -0.4 is 4.98 Å². The number of nitrogens with one attached hydrogen (secondary N) is 1. The predicted octanol–water partition coefficient (Wildman–Crippen LogP) is 4.37. The van der Waals surface area contributed by atoms with E-state index in [4.69, 9.17) is 0 Å². The van der Waals surface area contributed by atoms with Gasteiger partial charge in [0.05, 0.1) is 15.1 Å². The molecule has 0 aliphatic rings. The zero-order chi connectivity index (χ0) is 18.9. The largest absolute Gasteiger partial charge is 0.455 e. The van der Waals surface area contributed by atoms with Crippen LogP contribution in [-0.4, -0.2) is 29.8 Å². The lowest BCUT2D eigenvalue weighted by Crippen LogP contribution is -2.28. The van der Waals surface area contributed by atoms with Crippen molar-refractivity contribution in [1.82, 2.24) is 4.90 Å². The van der Waals surface area contributed by atoms with Gasteiger partial charge < -0.3 is 4.90 Å². The zero-order valence-electron chi connectivity index (χ0n) is 13.3. The van der Waals surface area contributed by atoms with Crippen molar-refractivity contribution in [3.05, 3.63) is 50.5 Å². The molecular formula is C16H12F3N2O2S3+. The number of thiazole rings is 1. The summed E-state index contributed by atoms with van der Waals surface area (Å²) in [6.07, 6.45) is -4.94. The topological polar surface area (TPSA) is 51.5 Å². The number of carbonyl (C=O) groups excluding carboxylic acids is 2. The summed E-state index contributed by atoms with van der Waals surface area (Å²) in [5, 5.41) is 4.84. The van der Waals surface area contributed by atoms with Crippen LogP contribution in [-0.2, 0) is 6.54 Å². The Bertz CT molecular complexity index is 929. The maximum absolute atomic E-state index is 12.5. The molecular weight excluding hydrogens is 405 g/mol. The number of rotatable bonds is 5. The van der Waals surface area contributed by atoms with E-state index in [1.54, 1.807) is 18.4 Å². The minimum absolute atomic E-state index is 0.0915. The van der Waals surface area contributed by atoms with E-state index in [-0.39, 0.29) is 11.4 Å². The normalized spacial score (nSPS) is 11.5. The van der Waals surface area contributed by atoms with Crippen molar-refractivity contribution in [3.63, 3.8) is 0 Å². The highest BCUT2D eigenvalue weighted by atomic mass is 32.1. The lowest BCUT2D eigenvalue weighted by atomic mass is 10.3. The number of thiophene rings is 2. The number of alkyl halides is 3. The number of aromatic nitrogens is 1. The summed E-state index contributed by atoms with van der Waals surface area (Å²) < 4.78 is 37.4. The number of amides is 1. The Balaban J connectivity index is 1.69. The predicted molar refractivity (Wildman–Crippen MR) is 94.7 cm³/mol. The summed E-state index contributed by atoms with van der Waals surface area (Å²) in [7, 11) is 1.56. The van der Waals surface area contributed by atoms with Crippen LogP contribution in [0.2, 0.25) is 0 Å². The van der Waals surface area contributed by atoms with Gasteiger partial charge in [0.1, 0.15) is 11.4 Å². The average molecular weight is 417 g/mol. The highest BCUT2D eigenvalue weighted by molar-refractivity contribution is 7.19. The van der Waals surface area contributed by atoms with Gasteiger partial charge in [-0.2, -0.15) is 18.2 Å². The van der Waals surface area contributed by atoms with Crippen LogP contribution in [0.15, 0.2) is 35.0 Å². The maximum atomic E-state index is 12.5. The first-order chi connectivity index (χ1) is 12.3. The van der Waals surface area contributed by atoms with Gasteiger partial charge in [-0.3, -0.25) is 9.59 Å². The summed E-state index contributed by atoms with van der Waals surface area (Å²) >= 11 is 3.66. The molecule has 0 spiro atoms. The minimum atomic E-state index is -4.94. The Kier molecular flexibility index (Phi) is 5.26. The fourth-order valence-electron chi connectivity index (χ4n) is 2.17. The van der Waals surface area contributed by atoms with Crippen LogP contribution in [0.4, 0.5) is 13.2 Å². The first-order valence-electron chi connectivity index (χ1n) is 7.26. The van der Waals surface area contributed by atoms with Crippen molar-refractivity contribution < 1.29 is 27.7 Å². The minimum Gasteiger partial charge on any atom is -0.331 e. The van der Waals surface area contributed by atoms with Crippen molar-refractivity contribution in [1.29, 1.82) is 0 Å². The van der Waals surface area contributed by atoms with Gasteiger partial charge in [0.2, 0.25) is 5.69 Å². The van der Waals surface area contributed by atoms with Crippen molar-refractivity contribution in [3.8, 4) is 9.88 Å². The van der Waals surface area contributed by atoms with Gasteiger partial charge in [0.15, 0.2) is 0 Å². The zero-order valence-corrected chi connectivity index (χ0v) is 15.7. The van der Waals surface area contributed by atoms with Crippen molar-refractivity contribution in [2.45, 2.75) is 12.7 Å². The molecule has 0 aliphatic carbocycles. The highest BCUT2D eigenvalue weighted by Crippen LogP contribution is 2.28. The van der Waals surface area contributed by atoms with Gasteiger partial charge in [0.25, 0.3) is 16.7 Å². The van der Waals surface area contributed by atoms with Gasteiger partial charge >= 0.3 is 6.18 Å². The van der Waals surface area contributed by atoms with Crippen molar-refractivity contribution in [2.24, 2.45) is 0 Å². The first kappa shape index (κ1) is 18.7. The molecule has 1 amide bonds. The quantitative estimate of drug-likeness (QED) is 0.579. The molecule has 3 aromatic heterocycles. The van der Waals surface area contributed by atoms with Crippen molar-refractivity contribution >= 4 is 45.7 Å².